The summed E-state index contributed by atoms with van der Waals surface area (Å²) >= 11 is 0. The fraction of sp³-hybridized carbons (Fsp3) is 0.520. The van der Waals surface area contributed by atoms with E-state index in [0.717, 1.165) is 17.8 Å². The third-order valence-corrected chi connectivity index (χ3v) is 5.26. The summed E-state index contributed by atoms with van der Waals surface area (Å²) in [4.78, 5) is 0. The van der Waals surface area contributed by atoms with Gasteiger partial charge in [0.25, 0.3) is 0 Å². The molecule has 3 rings (SSSR count). The third-order valence-electron chi connectivity index (χ3n) is 5.26. The summed E-state index contributed by atoms with van der Waals surface area (Å²) in [6.07, 6.45) is 5.92. The van der Waals surface area contributed by atoms with Crippen LogP contribution in [0.3, 0.4) is 0 Å². The number of hydrogen-bond donors (Lipinski definition) is 1. The van der Waals surface area contributed by atoms with E-state index in [1.807, 2.05) is 19.1 Å². The van der Waals surface area contributed by atoms with E-state index in [0.29, 0.717) is 5.75 Å². The molecule has 2 aromatic carbocycles. The molecule has 1 aliphatic rings. The van der Waals surface area contributed by atoms with Crippen LogP contribution < -0.4 is 0 Å². The van der Waals surface area contributed by atoms with Gasteiger partial charge in [0.15, 0.2) is 0 Å². The molecule has 0 aromatic heterocycles. The summed E-state index contributed by atoms with van der Waals surface area (Å²) in [5, 5.41) is 8.76. The van der Waals surface area contributed by atoms with E-state index in [9.17, 15) is 0 Å². The number of benzene rings is 2. The fourth-order valence-corrected chi connectivity index (χ4v) is 3.13. The molecular formula is C25H38O. The highest BCUT2D eigenvalue weighted by Gasteiger charge is 2.20. The average Bonchev–Trinajstić information content (AvgIpc) is 2.62. The molecule has 0 spiro atoms. The Bertz CT molecular complexity index is 502. The Kier molecular flexibility index (Phi) is 10.1. The maximum absolute atomic E-state index is 8.76. The largest absolute Gasteiger partial charge is 0.508 e. The van der Waals surface area contributed by atoms with Gasteiger partial charge >= 0.3 is 0 Å². The van der Waals surface area contributed by atoms with Crippen LogP contribution in [0.5, 0.6) is 5.75 Å². The van der Waals surface area contributed by atoms with Gasteiger partial charge in [0.2, 0.25) is 0 Å². The third kappa shape index (κ3) is 9.65. The maximum Gasteiger partial charge on any atom is 0.115 e. The van der Waals surface area contributed by atoms with Crippen molar-refractivity contribution in [3.8, 4) is 5.75 Å². The lowest BCUT2D eigenvalue weighted by atomic mass is 9.78. The van der Waals surface area contributed by atoms with Gasteiger partial charge in [-0.25, -0.2) is 0 Å². The zero-order chi connectivity index (χ0) is 19.5. The number of rotatable bonds is 1. The predicted octanol–water partition coefficient (Wildman–Crippen LogP) is 7.47. The molecule has 1 aliphatic carbocycles. The lowest BCUT2D eigenvalue weighted by Gasteiger charge is -2.28. The van der Waals surface area contributed by atoms with E-state index in [2.05, 4.69) is 58.9 Å². The molecule has 1 fully saturated rings. The maximum atomic E-state index is 8.76. The first-order valence-corrected chi connectivity index (χ1v) is 10.1. The van der Waals surface area contributed by atoms with Crippen molar-refractivity contribution in [1.29, 1.82) is 0 Å². The van der Waals surface area contributed by atoms with E-state index in [1.54, 1.807) is 12.1 Å². The van der Waals surface area contributed by atoms with Gasteiger partial charge in [-0.2, -0.15) is 0 Å². The van der Waals surface area contributed by atoms with Crippen LogP contribution >= 0.6 is 0 Å². The molecule has 26 heavy (non-hydrogen) atoms. The van der Waals surface area contributed by atoms with Gasteiger partial charge in [-0.15, -0.1) is 0 Å². The second kappa shape index (κ2) is 11.8. The quantitative estimate of drug-likeness (QED) is 0.563. The fourth-order valence-electron chi connectivity index (χ4n) is 3.13. The number of hydrogen-bond acceptors (Lipinski definition) is 1. The first-order valence-electron chi connectivity index (χ1n) is 10.1. The van der Waals surface area contributed by atoms with Gasteiger partial charge < -0.3 is 5.11 Å². The Morgan fingerprint density at radius 2 is 1.04 bits per heavy atom. The molecule has 1 N–H and O–H groups in total. The topological polar surface area (TPSA) is 20.2 Å². The Morgan fingerprint density at radius 3 is 1.35 bits per heavy atom. The van der Waals surface area contributed by atoms with E-state index >= 15 is 0 Å². The lowest BCUT2D eigenvalue weighted by Crippen LogP contribution is -2.16. The monoisotopic (exact) mass is 354 g/mol. The Morgan fingerprint density at radius 1 is 0.692 bits per heavy atom. The van der Waals surface area contributed by atoms with Crippen LogP contribution in [0.25, 0.3) is 0 Å². The van der Waals surface area contributed by atoms with E-state index in [-0.39, 0.29) is 0 Å². The van der Waals surface area contributed by atoms with Crippen LogP contribution in [0.15, 0.2) is 48.5 Å². The molecule has 0 aliphatic heterocycles. The summed E-state index contributed by atoms with van der Waals surface area (Å²) < 4.78 is 0. The highest BCUT2D eigenvalue weighted by molar-refractivity contribution is 5.24. The second-order valence-corrected chi connectivity index (χ2v) is 8.25. The van der Waals surface area contributed by atoms with Gasteiger partial charge in [-0.1, -0.05) is 86.7 Å². The van der Waals surface area contributed by atoms with Crippen molar-refractivity contribution in [3.63, 3.8) is 0 Å². The Labute approximate surface area is 161 Å². The van der Waals surface area contributed by atoms with Crippen molar-refractivity contribution in [2.45, 2.75) is 67.2 Å². The van der Waals surface area contributed by atoms with Crippen LogP contribution in [-0.2, 0) is 0 Å². The summed E-state index contributed by atoms with van der Waals surface area (Å²) in [7, 11) is 0. The van der Waals surface area contributed by atoms with Crippen LogP contribution in [0.2, 0.25) is 0 Å². The van der Waals surface area contributed by atoms with Gasteiger partial charge in [-0.3, -0.25) is 0 Å². The van der Waals surface area contributed by atoms with E-state index < -0.39 is 0 Å². The number of phenols is 1. The average molecular weight is 355 g/mol. The molecule has 1 nitrogen and oxygen atoms in total. The van der Waals surface area contributed by atoms with Gasteiger partial charge in [-0.05, 0) is 63.5 Å². The highest BCUT2D eigenvalue weighted by atomic mass is 16.3. The number of phenolic OH excluding ortho intramolecular Hbond substituents is 1. The summed E-state index contributed by atoms with van der Waals surface area (Å²) in [6, 6.07) is 15.6. The smallest absolute Gasteiger partial charge is 0.115 e. The lowest BCUT2D eigenvalue weighted by molar-refractivity contribution is 0.234. The van der Waals surface area contributed by atoms with Crippen molar-refractivity contribution < 1.29 is 5.11 Å². The molecule has 0 amide bonds. The molecule has 0 bridgehead atoms. The normalized spacial score (nSPS) is 19.0. The zero-order valence-corrected chi connectivity index (χ0v) is 17.6. The zero-order valence-electron chi connectivity index (χ0n) is 17.6. The van der Waals surface area contributed by atoms with Crippen LogP contribution in [0.4, 0.5) is 0 Å². The molecular weight excluding hydrogens is 316 g/mol. The van der Waals surface area contributed by atoms with Crippen molar-refractivity contribution in [3.05, 3.63) is 65.2 Å². The predicted molar refractivity (Wildman–Crippen MR) is 115 cm³/mol. The first kappa shape index (κ1) is 22.3. The molecule has 1 saturated carbocycles. The Balaban J connectivity index is 0.000000197. The van der Waals surface area contributed by atoms with Gasteiger partial charge in [0.05, 0.1) is 0 Å². The van der Waals surface area contributed by atoms with Crippen molar-refractivity contribution in [1.82, 2.24) is 0 Å². The standard InChI is InChI=1S/C10H20.C8H10.C7H8O/c1-8(2)10-6-4-9(3)5-7-10;1-7-3-5-8(2)6-4-7;1-6-2-4-7(8)5-3-6/h8-10H,4-7H2,1-3H3;3-6H,1-2H3;2-5,8H,1H3. The van der Waals surface area contributed by atoms with Crippen LogP contribution in [0.1, 0.15) is 63.1 Å². The second-order valence-electron chi connectivity index (χ2n) is 8.25. The minimum Gasteiger partial charge on any atom is -0.508 e. The summed E-state index contributed by atoms with van der Waals surface area (Å²) in [6.45, 7) is 13.3. The van der Waals surface area contributed by atoms with E-state index in [4.69, 9.17) is 5.11 Å². The highest BCUT2D eigenvalue weighted by Crippen LogP contribution is 2.32. The van der Waals surface area contributed by atoms with Crippen molar-refractivity contribution >= 4 is 0 Å². The molecule has 144 valence electrons. The number of aryl methyl sites for hydroxylation is 3. The summed E-state index contributed by atoms with van der Waals surface area (Å²) in [5.41, 5.74) is 3.83. The minimum absolute atomic E-state index is 0.329. The van der Waals surface area contributed by atoms with Gasteiger partial charge in [0, 0.05) is 0 Å². The summed E-state index contributed by atoms with van der Waals surface area (Å²) in [5.74, 6) is 3.30. The number of aromatic hydroxyl groups is 1. The minimum atomic E-state index is 0.329. The van der Waals surface area contributed by atoms with E-state index in [1.165, 1.54) is 42.4 Å². The van der Waals surface area contributed by atoms with Crippen molar-refractivity contribution in [2.75, 3.05) is 0 Å². The molecule has 0 unspecified atom stereocenters. The molecule has 0 atom stereocenters. The molecule has 1 heteroatoms. The Hall–Kier alpha value is -1.76. The molecule has 0 heterocycles. The first-order chi connectivity index (χ1) is 12.3. The SMILES string of the molecule is CC1CCC(C(C)C)CC1.Cc1ccc(C)cc1.Cc1ccc(O)cc1. The van der Waals surface area contributed by atoms with Gasteiger partial charge in [0.1, 0.15) is 5.75 Å². The van der Waals surface area contributed by atoms with Crippen LogP contribution in [0, 0.1) is 38.5 Å². The molecule has 0 radical (unpaired) electrons. The van der Waals surface area contributed by atoms with Crippen LogP contribution in [-0.4, -0.2) is 5.11 Å². The molecule has 0 saturated heterocycles. The molecule has 2 aromatic rings. The van der Waals surface area contributed by atoms with Crippen molar-refractivity contribution in [2.24, 2.45) is 17.8 Å².